The Labute approximate surface area is 116 Å². The van der Waals surface area contributed by atoms with Crippen LogP contribution in [0.3, 0.4) is 0 Å². The van der Waals surface area contributed by atoms with Crippen molar-refractivity contribution in [1.29, 1.82) is 0 Å². The average molecular weight is 273 g/mol. The van der Waals surface area contributed by atoms with Crippen molar-refractivity contribution in [1.82, 2.24) is 5.32 Å². The molecule has 0 aromatic carbocycles. The Balaban J connectivity index is 2.47. The highest BCUT2D eigenvalue weighted by Gasteiger charge is 2.51. The topological polar surface area (TPSA) is 56.8 Å². The largest absolute Gasteiger partial charge is 0.468 e. The van der Waals surface area contributed by atoms with Gasteiger partial charge >= 0.3 is 5.97 Å². The summed E-state index contributed by atoms with van der Waals surface area (Å²) in [5.41, 5.74) is -0.679. The van der Waals surface area contributed by atoms with Crippen molar-refractivity contribution in [3.05, 3.63) is 0 Å². The minimum atomic E-state index is -0.679. The number of carbonyl (C=O) groups is 1. The van der Waals surface area contributed by atoms with E-state index in [1.54, 1.807) is 0 Å². The maximum atomic E-state index is 12.1. The third-order valence-corrected chi connectivity index (χ3v) is 3.32. The smallest absolute Gasteiger partial charge is 0.328 e. The fourth-order valence-electron chi connectivity index (χ4n) is 2.26. The van der Waals surface area contributed by atoms with Gasteiger partial charge in [0.05, 0.1) is 33.0 Å². The first kappa shape index (κ1) is 16.4. The summed E-state index contributed by atoms with van der Waals surface area (Å²) >= 11 is 0. The molecule has 1 fully saturated rings. The molecule has 112 valence electrons. The van der Waals surface area contributed by atoms with Gasteiger partial charge in [0.2, 0.25) is 0 Å². The Kier molecular flexibility index (Phi) is 6.75. The maximum Gasteiger partial charge on any atom is 0.328 e. The Hall–Kier alpha value is -0.650. The van der Waals surface area contributed by atoms with Crippen LogP contribution in [-0.4, -0.2) is 51.1 Å². The van der Waals surface area contributed by atoms with E-state index in [2.05, 4.69) is 5.32 Å². The van der Waals surface area contributed by atoms with Gasteiger partial charge in [-0.3, -0.25) is 5.32 Å². The molecular formula is C14H27NO4. The summed E-state index contributed by atoms with van der Waals surface area (Å²) in [4.78, 5) is 12.1. The normalized spacial score (nSPS) is 18.4. The Morgan fingerprint density at radius 3 is 2.53 bits per heavy atom. The van der Waals surface area contributed by atoms with Crippen LogP contribution in [0.5, 0.6) is 0 Å². The third-order valence-electron chi connectivity index (χ3n) is 3.32. The zero-order chi connectivity index (χ0) is 14.3. The van der Waals surface area contributed by atoms with E-state index in [4.69, 9.17) is 14.2 Å². The summed E-state index contributed by atoms with van der Waals surface area (Å²) in [5, 5.41) is 3.27. The predicted molar refractivity (Wildman–Crippen MR) is 73.1 cm³/mol. The van der Waals surface area contributed by atoms with E-state index < -0.39 is 5.54 Å². The standard InChI is InChI=1S/C14H27NO4/c1-5-15-14(12-6-7-12,13(16)17-4)10-18-8-9-19-11(2)3/h11-12,15H,5-10H2,1-4H3. The van der Waals surface area contributed by atoms with E-state index in [1.165, 1.54) is 7.11 Å². The van der Waals surface area contributed by atoms with Gasteiger partial charge in [0.15, 0.2) is 0 Å². The van der Waals surface area contributed by atoms with E-state index in [0.29, 0.717) is 25.7 Å². The van der Waals surface area contributed by atoms with Crippen LogP contribution in [0.1, 0.15) is 33.6 Å². The molecule has 5 nitrogen and oxygen atoms in total. The summed E-state index contributed by atoms with van der Waals surface area (Å²) in [6.45, 7) is 8.07. The molecule has 1 saturated carbocycles. The van der Waals surface area contributed by atoms with E-state index in [0.717, 1.165) is 19.4 Å². The number of nitrogens with one attached hydrogen (secondary N) is 1. The number of likely N-dealkylation sites (N-methyl/N-ethyl adjacent to an activating group) is 1. The molecule has 0 aliphatic heterocycles. The van der Waals surface area contributed by atoms with Crippen molar-refractivity contribution in [2.75, 3.05) is 33.5 Å². The lowest BCUT2D eigenvalue weighted by Crippen LogP contribution is -2.58. The first-order valence-electron chi connectivity index (χ1n) is 7.09. The van der Waals surface area contributed by atoms with Gasteiger partial charge in [-0.05, 0) is 39.2 Å². The van der Waals surface area contributed by atoms with Crippen LogP contribution in [0.25, 0.3) is 0 Å². The van der Waals surface area contributed by atoms with Crippen molar-refractivity contribution in [2.24, 2.45) is 5.92 Å². The van der Waals surface area contributed by atoms with Crippen molar-refractivity contribution in [2.45, 2.75) is 45.3 Å². The molecular weight excluding hydrogens is 246 g/mol. The van der Waals surface area contributed by atoms with Gasteiger partial charge in [-0.1, -0.05) is 6.92 Å². The first-order chi connectivity index (χ1) is 9.06. The SMILES string of the molecule is CCNC(COCCOC(C)C)(C(=O)OC)C1CC1. The fourth-order valence-corrected chi connectivity index (χ4v) is 2.26. The molecule has 1 atom stereocenters. The van der Waals surface area contributed by atoms with Crippen molar-refractivity contribution in [3.63, 3.8) is 0 Å². The number of carbonyl (C=O) groups excluding carboxylic acids is 1. The summed E-state index contributed by atoms with van der Waals surface area (Å²) in [7, 11) is 1.43. The van der Waals surface area contributed by atoms with E-state index in [-0.39, 0.29) is 12.1 Å². The summed E-state index contributed by atoms with van der Waals surface area (Å²) in [6, 6.07) is 0. The lowest BCUT2D eigenvalue weighted by atomic mass is 9.94. The molecule has 1 aliphatic carbocycles. The molecule has 1 N–H and O–H groups in total. The third kappa shape index (κ3) is 4.75. The van der Waals surface area contributed by atoms with Crippen LogP contribution < -0.4 is 5.32 Å². The highest BCUT2D eigenvalue weighted by atomic mass is 16.5. The molecule has 5 heteroatoms. The Morgan fingerprint density at radius 2 is 2.05 bits per heavy atom. The molecule has 0 aromatic heterocycles. The first-order valence-corrected chi connectivity index (χ1v) is 7.09. The highest BCUT2D eigenvalue weighted by molar-refractivity contribution is 5.82. The lowest BCUT2D eigenvalue weighted by molar-refractivity contribution is -0.153. The number of hydrogen-bond acceptors (Lipinski definition) is 5. The van der Waals surface area contributed by atoms with E-state index in [1.807, 2.05) is 20.8 Å². The van der Waals surface area contributed by atoms with Crippen LogP contribution in [0.15, 0.2) is 0 Å². The van der Waals surface area contributed by atoms with E-state index in [9.17, 15) is 4.79 Å². The van der Waals surface area contributed by atoms with Gasteiger partial charge in [-0.15, -0.1) is 0 Å². The van der Waals surface area contributed by atoms with Crippen LogP contribution in [0, 0.1) is 5.92 Å². The minimum absolute atomic E-state index is 0.200. The van der Waals surface area contributed by atoms with Gasteiger partial charge in [0.25, 0.3) is 0 Å². The molecule has 0 aromatic rings. The van der Waals surface area contributed by atoms with Gasteiger partial charge in [-0.25, -0.2) is 4.79 Å². The molecule has 1 unspecified atom stereocenters. The molecule has 0 amide bonds. The molecule has 0 radical (unpaired) electrons. The highest BCUT2D eigenvalue weighted by Crippen LogP contribution is 2.40. The average Bonchev–Trinajstić information content (AvgIpc) is 3.20. The monoisotopic (exact) mass is 273 g/mol. The Bertz CT molecular complexity index is 279. The van der Waals surface area contributed by atoms with Crippen LogP contribution in [0.4, 0.5) is 0 Å². The van der Waals surface area contributed by atoms with Gasteiger partial charge in [0.1, 0.15) is 5.54 Å². The predicted octanol–water partition coefficient (Wildman–Crippen LogP) is 1.36. The van der Waals surface area contributed by atoms with Crippen LogP contribution in [-0.2, 0) is 19.0 Å². The second-order valence-electron chi connectivity index (χ2n) is 5.24. The zero-order valence-electron chi connectivity index (χ0n) is 12.5. The van der Waals surface area contributed by atoms with Crippen LogP contribution >= 0.6 is 0 Å². The summed E-state index contributed by atoms with van der Waals surface area (Å²) in [5.74, 6) is 0.104. The van der Waals surface area contributed by atoms with Crippen LogP contribution in [0.2, 0.25) is 0 Å². The van der Waals surface area contributed by atoms with Gasteiger partial charge in [-0.2, -0.15) is 0 Å². The summed E-state index contributed by atoms with van der Waals surface area (Å²) < 4.78 is 16.0. The molecule has 0 bridgehead atoms. The number of hydrogen-bond donors (Lipinski definition) is 1. The molecule has 1 aliphatic rings. The van der Waals surface area contributed by atoms with Gasteiger partial charge in [0, 0.05) is 0 Å². The molecule has 1 rings (SSSR count). The maximum absolute atomic E-state index is 12.1. The summed E-state index contributed by atoms with van der Waals surface area (Å²) in [6.07, 6.45) is 2.30. The Morgan fingerprint density at radius 1 is 1.37 bits per heavy atom. The van der Waals surface area contributed by atoms with Crippen molar-refractivity contribution in [3.8, 4) is 0 Å². The molecule has 19 heavy (non-hydrogen) atoms. The second-order valence-corrected chi connectivity index (χ2v) is 5.24. The zero-order valence-corrected chi connectivity index (χ0v) is 12.5. The molecule has 0 spiro atoms. The minimum Gasteiger partial charge on any atom is -0.468 e. The number of rotatable bonds is 10. The van der Waals surface area contributed by atoms with Crippen molar-refractivity contribution < 1.29 is 19.0 Å². The number of ether oxygens (including phenoxy) is 3. The quantitative estimate of drug-likeness (QED) is 0.481. The lowest BCUT2D eigenvalue weighted by Gasteiger charge is -2.31. The van der Waals surface area contributed by atoms with Crippen molar-refractivity contribution >= 4 is 5.97 Å². The molecule has 0 saturated heterocycles. The van der Waals surface area contributed by atoms with Gasteiger partial charge < -0.3 is 14.2 Å². The number of esters is 1. The van der Waals surface area contributed by atoms with E-state index >= 15 is 0 Å². The fraction of sp³-hybridized carbons (Fsp3) is 0.929. The number of methoxy groups -OCH3 is 1. The molecule has 0 heterocycles. The second kappa shape index (κ2) is 7.82.